The van der Waals surface area contributed by atoms with Gasteiger partial charge < -0.3 is 0 Å². The quantitative estimate of drug-likeness (QED) is 0.694. The fourth-order valence-electron chi connectivity index (χ4n) is 1.69. The number of hydrogen-bond acceptors (Lipinski definition) is 4. The Morgan fingerprint density at radius 1 is 1.14 bits per heavy atom. The number of nitrogens with zero attached hydrogens (tertiary/aromatic N) is 1. The highest BCUT2D eigenvalue weighted by molar-refractivity contribution is 7.92. The van der Waals surface area contributed by atoms with Gasteiger partial charge in [-0.15, -0.1) is 0 Å². The summed E-state index contributed by atoms with van der Waals surface area (Å²) in [5, 5.41) is 10.5. The third kappa shape index (κ3) is 3.34. The van der Waals surface area contributed by atoms with Gasteiger partial charge in [-0.05, 0) is 42.8 Å². The van der Waals surface area contributed by atoms with Gasteiger partial charge in [0.1, 0.15) is 5.82 Å². The summed E-state index contributed by atoms with van der Waals surface area (Å²) in [5.41, 5.74) is 0.474. The van der Waals surface area contributed by atoms with E-state index in [2.05, 4.69) is 4.72 Å². The van der Waals surface area contributed by atoms with Crippen molar-refractivity contribution in [1.29, 1.82) is 0 Å². The smallest absolute Gasteiger partial charge is 0.269 e. The van der Waals surface area contributed by atoms with Gasteiger partial charge in [0, 0.05) is 12.1 Å². The molecule has 110 valence electrons. The first-order chi connectivity index (χ1) is 9.79. The summed E-state index contributed by atoms with van der Waals surface area (Å²) < 4.78 is 39.6. The number of nitrogens with one attached hydrogen (secondary N) is 1. The Labute approximate surface area is 120 Å². The highest BCUT2D eigenvalue weighted by Gasteiger charge is 2.17. The normalized spacial score (nSPS) is 11.1. The maximum atomic E-state index is 13.0. The summed E-state index contributed by atoms with van der Waals surface area (Å²) in [6.45, 7) is 1.57. The van der Waals surface area contributed by atoms with Crippen LogP contribution in [0.3, 0.4) is 0 Å². The second-order valence-electron chi connectivity index (χ2n) is 4.32. The van der Waals surface area contributed by atoms with Crippen LogP contribution < -0.4 is 4.72 Å². The Kier molecular flexibility index (Phi) is 3.90. The summed E-state index contributed by atoms with van der Waals surface area (Å²) in [5.74, 6) is -0.467. The van der Waals surface area contributed by atoms with Gasteiger partial charge in [0.05, 0.1) is 15.5 Å². The highest BCUT2D eigenvalue weighted by atomic mass is 32.2. The van der Waals surface area contributed by atoms with Gasteiger partial charge in [0.25, 0.3) is 15.7 Å². The molecule has 0 heterocycles. The molecule has 0 unspecified atom stereocenters. The van der Waals surface area contributed by atoms with Crippen LogP contribution in [0.25, 0.3) is 0 Å². The molecule has 2 aromatic carbocycles. The molecule has 0 fully saturated rings. The molecule has 6 nitrogen and oxygen atoms in total. The maximum Gasteiger partial charge on any atom is 0.269 e. The number of anilines is 1. The number of non-ortho nitro benzene ring substituents is 1. The predicted molar refractivity (Wildman–Crippen MR) is 75.0 cm³/mol. The molecule has 0 aromatic heterocycles. The van der Waals surface area contributed by atoms with Crippen molar-refractivity contribution < 1.29 is 17.7 Å². The van der Waals surface area contributed by atoms with Gasteiger partial charge in [-0.1, -0.05) is 0 Å². The van der Waals surface area contributed by atoms with Gasteiger partial charge in [-0.2, -0.15) is 0 Å². The fraction of sp³-hybridized carbons (Fsp3) is 0.0769. The van der Waals surface area contributed by atoms with Crippen molar-refractivity contribution in [3.8, 4) is 0 Å². The van der Waals surface area contributed by atoms with Crippen molar-refractivity contribution in [2.75, 3.05) is 4.72 Å². The minimum Gasteiger partial charge on any atom is -0.279 e. The Balaban J connectivity index is 2.31. The molecule has 1 N–H and O–H groups in total. The highest BCUT2D eigenvalue weighted by Crippen LogP contribution is 2.22. The summed E-state index contributed by atoms with van der Waals surface area (Å²) in [4.78, 5) is 9.80. The maximum absolute atomic E-state index is 13.0. The lowest BCUT2D eigenvalue weighted by Gasteiger charge is -2.10. The van der Waals surface area contributed by atoms with E-state index < -0.39 is 20.8 Å². The topological polar surface area (TPSA) is 89.3 Å². The number of aryl methyl sites for hydroxylation is 1. The van der Waals surface area contributed by atoms with Crippen molar-refractivity contribution in [2.24, 2.45) is 0 Å². The standard InChI is InChI=1S/C13H11FN2O4S/c1-9-8-10(14)2-7-13(9)15-21(19,20)12-5-3-11(4-6-12)16(17)18/h2-8,15H,1H3. The molecule has 0 amide bonds. The fourth-order valence-corrected chi connectivity index (χ4v) is 2.82. The number of nitro groups is 1. The second kappa shape index (κ2) is 5.49. The van der Waals surface area contributed by atoms with Crippen LogP contribution in [0.1, 0.15) is 5.56 Å². The van der Waals surface area contributed by atoms with Gasteiger partial charge >= 0.3 is 0 Å². The first-order valence-electron chi connectivity index (χ1n) is 5.83. The first kappa shape index (κ1) is 14.9. The number of benzene rings is 2. The second-order valence-corrected chi connectivity index (χ2v) is 6.00. The van der Waals surface area contributed by atoms with E-state index in [1.807, 2.05) is 0 Å². The van der Waals surface area contributed by atoms with Gasteiger partial charge in [-0.25, -0.2) is 12.8 Å². The molecule has 2 rings (SSSR count). The van der Waals surface area contributed by atoms with Gasteiger partial charge in [-0.3, -0.25) is 14.8 Å². The van der Waals surface area contributed by atoms with E-state index in [9.17, 15) is 22.9 Å². The zero-order valence-electron chi connectivity index (χ0n) is 10.9. The molecular weight excluding hydrogens is 299 g/mol. The van der Waals surface area contributed by atoms with Crippen molar-refractivity contribution in [3.05, 3.63) is 64.0 Å². The number of sulfonamides is 1. The lowest BCUT2D eigenvalue weighted by molar-refractivity contribution is -0.384. The van der Waals surface area contributed by atoms with Crippen LogP contribution >= 0.6 is 0 Å². The van der Waals surface area contributed by atoms with Crippen molar-refractivity contribution in [3.63, 3.8) is 0 Å². The monoisotopic (exact) mass is 310 g/mol. The van der Waals surface area contributed by atoms with Gasteiger partial charge in [0.15, 0.2) is 0 Å². The van der Waals surface area contributed by atoms with Crippen molar-refractivity contribution in [2.45, 2.75) is 11.8 Å². The molecule has 0 radical (unpaired) electrons. The van der Waals surface area contributed by atoms with Crippen LogP contribution in [0.15, 0.2) is 47.4 Å². The SMILES string of the molecule is Cc1cc(F)ccc1NS(=O)(=O)c1ccc([N+](=O)[O-])cc1. The van der Waals surface area contributed by atoms with Crippen LogP contribution in [0.4, 0.5) is 15.8 Å². The molecule has 0 aliphatic carbocycles. The zero-order valence-corrected chi connectivity index (χ0v) is 11.7. The average Bonchev–Trinajstić information content (AvgIpc) is 2.42. The molecule has 0 saturated heterocycles. The average molecular weight is 310 g/mol. The van der Waals surface area contributed by atoms with Crippen LogP contribution in [0.2, 0.25) is 0 Å². The van der Waals surface area contributed by atoms with Crippen LogP contribution in [0.5, 0.6) is 0 Å². The predicted octanol–water partition coefficient (Wildman–Crippen LogP) is 2.84. The number of rotatable bonds is 4. The van der Waals surface area contributed by atoms with Gasteiger partial charge in [0.2, 0.25) is 0 Å². The molecule has 2 aromatic rings. The number of halogens is 1. The third-order valence-corrected chi connectivity index (χ3v) is 4.17. The minimum atomic E-state index is -3.89. The van der Waals surface area contributed by atoms with Crippen LogP contribution in [-0.4, -0.2) is 13.3 Å². The van der Waals surface area contributed by atoms with E-state index in [4.69, 9.17) is 0 Å². The van der Waals surface area contributed by atoms with E-state index in [1.165, 1.54) is 12.1 Å². The molecule has 21 heavy (non-hydrogen) atoms. The lowest BCUT2D eigenvalue weighted by atomic mass is 10.2. The van der Waals surface area contributed by atoms with Crippen molar-refractivity contribution >= 4 is 21.4 Å². The Morgan fingerprint density at radius 2 is 1.76 bits per heavy atom. The summed E-state index contributed by atoms with van der Waals surface area (Å²) in [6, 6.07) is 8.14. The molecule has 0 spiro atoms. The van der Waals surface area contributed by atoms with E-state index in [0.717, 1.165) is 30.3 Å². The summed E-state index contributed by atoms with van der Waals surface area (Å²) in [6.07, 6.45) is 0. The minimum absolute atomic E-state index is 0.114. The lowest BCUT2D eigenvalue weighted by Crippen LogP contribution is -2.13. The molecule has 0 saturated carbocycles. The third-order valence-electron chi connectivity index (χ3n) is 2.79. The Bertz CT molecular complexity index is 788. The first-order valence-corrected chi connectivity index (χ1v) is 7.31. The molecular formula is C13H11FN2O4S. The van der Waals surface area contributed by atoms with Crippen LogP contribution in [-0.2, 0) is 10.0 Å². The number of nitro benzene ring substituents is 1. The molecule has 0 bridgehead atoms. The van der Waals surface area contributed by atoms with E-state index in [0.29, 0.717) is 5.56 Å². The molecule has 0 aliphatic heterocycles. The van der Waals surface area contributed by atoms with E-state index >= 15 is 0 Å². The molecule has 0 atom stereocenters. The molecule has 8 heteroatoms. The largest absolute Gasteiger partial charge is 0.279 e. The summed E-state index contributed by atoms with van der Waals surface area (Å²) in [7, 11) is -3.89. The summed E-state index contributed by atoms with van der Waals surface area (Å²) >= 11 is 0. The molecule has 0 aliphatic rings. The zero-order chi connectivity index (χ0) is 15.6. The van der Waals surface area contributed by atoms with E-state index in [-0.39, 0.29) is 16.3 Å². The Hall–Kier alpha value is -2.48. The Morgan fingerprint density at radius 3 is 2.29 bits per heavy atom. The van der Waals surface area contributed by atoms with Crippen molar-refractivity contribution in [1.82, 2.24) is 0 Å². The van der Waals surface area contributed by atoms with E-state index in [1.54, 1.807) is 6.92 Å². The number of hydrogen-bond donors (Lipinski definition) is 1. The van der Waals surface area contributed by atoms with Crippen LogP contribution in [0, 0.1) is 22.9 Å².